The van der Waals surface area contributed by atoms with Crippen molar-refractivity contribution >= 4 is 5.91 Å². The Morgan fingerprint density at radius 3 is 2.61 bits per heavy atom. The topological polar surface area (TPSA) is 72.9 Å². The quantitative estimate of drug-likeness (QED) is 0.836. The highest BCUT2D eigenvalue weighted by molar-refractivity contribution is 5.94. The summed E-state index contributed by atoms with van der Waals surface area (Å²) < 4.78 is 1.73. The molecular weight excluding hydrogens is 228 g/mol. The highest BCUT2D eigenvalue weighted by Crippen LogP contribution is 2.04. The van der Waals surface area contributed by atoms with Crippen LogP contribution in [0.5, 0.6) is 0 Å². The maximum atomic E-state index is 11.9. The number of hydrogen-bond acceptors (Lipinski definition) is 3. The van der Waals surface area contributed by atoms with Gasteiger partial charge < -0.3 is 11.1 Å². The van der Waals surface area contributed by atoms with Crippen LogP contribution in [0.15, 0.2) is 36.5 Å². The average Bonchev–Trinajstić information content (AvgIpc) is 2.81. The van der Waals surface area contributed by atoms with Crippen molar-refractivity contribution in [1.82, 2.24) is 15.1 Å². The smallest absolute Gasteiger partial charge is 0.251 e. The standard InChI is InChI=1S/C13H16N4O/c1-17-12(6-7-16-17)9-15-13(18)11-4-2-10(8-14)3-5-11/h2-7H,8-9,14H2,1H3,(H,15,18). The Morgan fingerprint density at radius 2 is 2.06 bits per heavy atom. The Bertz CT molecular complexity index is 530. The van der Waals surface area contributed by atoms with Crippen molar-refractivity contribution in [2.24, 2.45) is 12.8 Å². The van der Waals surface area contributed by atoms with Gasteiger partial charge in [-0.1, -0.05) is 12.1 Å². The summed E-state index contributed by atoms with van der Waals surface area (Å²) in [6, 6.07) is 9.15. The van der Waals surface area contributed by atoms with Gasteiger partial charge in [-0.2, -0.15) is 5.10 Å². The van der Waals surface area contributed by atoms with Crippen LogP contribution in [0.1, 0.15) is 21.6 Å². The second kappa shape index (κ2) is 5.46. The first-order valence-electron chi connectivity index (χ1n) is 5.75. The number of aryl methyl sites for hydroxylation is 1. The second-order valence-electron chi connectivity index (χ2n) is 4.03. The van der Waals surface area contributed by atoms with Gasteiger partial charge in [0.25, 0.3) is 5.91 Å². The van der Waals surface area contributed by atoms with Crippen molar-refractivity contribution in [1.29, 1.82) is 0 Å². The van der Waals surface area contributed by atoms with Gasteiger partial charge >= 0.3 is 0 Å². The van der Waals surface area contributed by atoms with Gasteiger partial charge in [0.2, 0.25) is 0 Å². The van der Waals surface area contributed by atoms with Crippen LogP contribution in [0.3, 0.4) is 0 Å². The Kier molecular flexibility index (Phi) is 3.74. The zero-order chi connectivity index (χ0) is 13.0. The minimum Gasteiger partial charge on any atom is -0.346 e. The Balaban J connectivity index is 1.97. The first kappa shape index (κ1) is 12.3. The Hall–Kier alpha value is -2.14. The minimum absolute atomic E-state index is 0.0974. The first-order chi connectivity index (χ1) is 8.70. The SMILES string of the molecule is Cn1nccc1CNC(=O)c1ccc(CN)cc1. The highest BCUT2D eigenvalue weighted by atomic mass is 16.1. The Morgan fingerprint density at radius 1 is 1.33 bits per heavy atom. The number of carbonyl (C=O) groups excluding carboxylic acids is 1. The molecule has 94 valence electrons. The largest absolute Gasteiger partial charge is 0.346 e. The molecule has 0 radical (unpaired) electrons. The number of nitrogens with zero attached hydrogens (tertiary/aromatic N) is 2. The third-order valence-corrected chi connectivity index (χ3v) is 2.80. The number of nitrogens with one attached hydrogen (secondary N) is 1. The molecule has 18 heavy (non-hydrogen) atoms. The van der Waals surface area contributed by atoms with Crippen molar-refractivity contribution in [3.05, 3.63) is 53.3 Å². The molecule has 0 aliphatic heterocycles. The summed E-state index contributed by atoms with van der Waals surface area (Å²) in [5, 5.41) is 6.89. The van der Waals surface area contributed by atoms with Crippen LogP contribution >= 0.6 is 0 Å². The molecule has 0 saturated carbocycles. The lowest BCUT2D eigenvalue weighted by atomic mass is 10.1. The molecule has 2 aromatic rings. The lowest BCUT2D eigenvalue weighted by Crippen LogP contribution is -2.24. The zero-order valence-corrected chi connectivity index (χ0v) is 10.3. The summed E-state index contributed by atoms with van der Waals surface area (Å²) >= 11 is 0. The summed E-state index contributed by atoms with van der Waals surface area (Å²) in [4.78, 5) is 11.9. The van der Waals surface area contributed by atoms with Crippen LogP contribution in [-0.4, -0.2) is 15.7 Å². The van der Waals surface area contributed by atoms with Crippen molar-refractivity contribution in [2.75, 3.05) is 0 Å². The first-order valence-corrected chi connectivity index (χ1v) is 5.75. The van der Waals surface area contributed by atoms with E-state index in [2.05, 4.69) is 10.4 Å². The zero-order valence-electron chi connectivity index (χ0n) is 10.3. The molecule has 1 amide bonds. The fourth-order valence-electron chi connectivity index (χ4n) is 1.64. The van der Waals surface area contributed by atoms with Gasteiger partial charge in [0, 0.05) is 25.4 Å². The Labute approximate surface area is 106 Å². The van der Waals surface area contributed by atoms with E-state index in [9.17, 15) is 4.79 Å². The van der Waals surface area contributed by atoms with Crippen molar-refractivity contribution in [3.63, 3.8) is 0 Å². The predicted molar refractivity (Wildman–Crippen MR) is 68.7 cm³/mol. The molecule has 0 saturated heterocycles. The summed E-state index contributed by atoms with van der Waals surface area (Å²) in [6.45, 7) is 0.949. The van der Waals surface area contributed by atoms with Gasteiger partial charge in [-0.15, -0.1) is 0 Å². The van der Waals surface area contributed by atoms with Crippen LogP contribution in [0.2, 0.25) is 0 Å². The van der Waals surface area contributed by atoms with Crippen molar-refractivity contribution in [2.45, 2.75) is 13.1 Å². The van der Waals surface area contributed by atoms with Gasteiger partial charge in [0.15, 0.2) is 0 Å². The van der Waals surface area contributed by atoms with Crippen molar-refractivity contribution < 1.29 is 4.79 Å². The lowest BCUT2D eigenvalue weighted by molar-refractivity contribution is 0.0950. The number of aromatic nitrogens is 2. The number of rotatable bonds is 4. The normalized spacial score (nSPS) is 10.3. The third kappa shape index (κ3) is 2.75. The van der Waals surface area contributed by atoms with Crippen LogP contribution in [-0.2, 0) is 20.1 Å². The molecule has 0 unspecified atom stereocenters. The molecule has 0 atom stereocenters. The molecule has 0 bridgehead atoms. The molecule has 1 heterocycles. The van der Waals surface area contributed by atoms with Gasteiger partial charge in [0.05, 0.1) is 12.2 Å². The molecule has 0 aliphatic carbocycles. The fourth-order valence-corrected chi connectivity index (χ4v) is 1.64. The van der Waals surface area contributed by atoms with Gasteiger partial charge in [-0.3, -0.25) is 9.48 Å². The monoisotopic (exact) mass is 244 g/mol. The second-order valence-corrected chi connectivity index (χ2v) is 4.03. The number of hydrogen-bond donors (Lipinski definition) is 2. The van der Waals surface area contributed by atoms with E-state index in [-0.39, 0.29) is 5.91 Å². The maximum Gasteiger partial charge on any atom is 0.251 e. The van der Waals surface area contributed by atoms with E-state index in [4.69, 9.17) is 5.73 Å². The molecule has 0 spiro atoms. The number of nitrogens with two attached hydrogens (primary N) is 1. The summed E-state index contributed by atoms with van der Waals surface area (Å²) in [7, 11) is 1.84. The van der Waals surface area contributed by atoms with Crippen molar-refractivity contribution in [3.8, 4) is 0 Å². The maximum absolute atomic E-state index is 11.9. The molecule has 3 N–H and O–H groups in total. The van der Waals surface area contributed by atoms with Gasteiger partial charge in [-0.25, -0.2) is 0 Å². The van der Waals surface area contributed by atoms with Crippen LogP contribution in [0, 0.1) is 0 Å². The van der Waals surface area contributed by atoms with Crippen LogP contribution < -0.4 is 11.1 Å². The molecule has 1 aromatic carbocycles. The lowest BCUT2D eigenvalue weighted by Gasteiger charge is -2.06. The molecule has 5 nitrogen and oxygen atoms in total. The minimum atomic E-state index is -0.0974. The average molecular weight is 244 g/mol. The molecule has 5 heteroatoms. The molecule has 0 aliphatic rings. The van der Waals surface area contributed by atoms with E-state index in [1.54, 1.807) is 23.0 Å². The van der Waals surface area contributed by atoms with E-state index in [0.29, 0.717) is 18.7 Å². The molecular formula is C13H16N4O. The van der Waals surface area contributed by atoms with E-state index >= 15 is 0 Å². The van der Waals surface area contributed by atoms with Gasteiger partial charge in [0.1, 0.15) is 0 Å². The summed E-state index contributed by atoms with van der Waals surface area (Å²) in [5.41, 5.74) is 8.11. The van der Waals surface area contributed by atoms with E-state index in [1.165, 1.54) is 0 Å². The van der Waals surface area contributed by atoms with Crippen LogP contribution in [0.25, 0.3) is 0 Å². The molecule has 1 aromatic heterocycles. The van der Waals surface area contributed by atoms with E-state index in [0.717, 1.165) is 11.3 Å². The van der Waals surface area contributed by atoms with E-state index < -0.39 is 0 Å². The fraction of sp³-hybridized carbons (Fsp3) is 0.231. The summed E-state index contributed by atoms with van der Waals surface area (Å²) in [6.07, 6.45) is 1.71. The van der Waals surface area contributed by atoms with Gasteiger partial charge in [-0.05, 0) is 23.8 Å². The van der Waals surface area contributed by atoms with Crippen LogP contribution in [0.4, 0.5) is 0 Å². The number of benzene rings is 1. The number of amides is 1. The molecule has 0 fully saturated rings. The highest BCUT2D eigenvalue weighted by Gasteiger charge is 2.06. The van der Waals surface area contributed by atoms with E-state index in [1.807, 2.05) is 25.2 Å². The third-order valence-electron chi connectivity index (χ3n) is 2.80. The summed E-state index contributed by atoms with van der Waals surface area (Å²) in [5.74, 6) is -0.0974. The molecule has 2 rings (SSSR count). The predicted octanol–water partition coefficient (Wildman–Crippen LogP) is 0.809. The number of carbonyl (C=O) groups is 1.